The van der Waals surface area contributed by atoms with Crippen molar-refractivity contribution >= 4 is 17.2 Å². The van der Waals surface area contributed by atoms with Gasteiger partial charge in [0.25, 0.3) is 0 Å². The topological polar surface area (TPSA) is 22.0 Å². The van der Waals surface area contributed by atoms with Crippen LogP contribution in [0.2, 0.25) is 0 Å². The van der Waals surface area contributed by atoms with Crippen molar-refractivity contribution in [1.82, 2.24) is 4.57 Å². The molecule has 1 aromatic heterocycles. The molecule has 72 valence electrons. The van der Waals surface area contributed by atoms with Gasteiger partial charge in [-0.15, -0.1) is 0 Å². The van der Waals surface area contributed by atoms with Gasteiger partial charge in [0.05, 0.1) is 11.2 Å². The Bertz CT molecular complexity index is 487. The van der Waals surface area contributed by atoms with Crippen molar-refractivity contribution in [3.63, 3.8) is 0 Å². The second-order valence-corrected chi connectivity index (χ2v) is 3.13. The molecule has 0 spiro atoms. The van der Waals surface area contributed by atoms with Gasteiger partial charge in [0.15, 0.2) is 6.29 Å². The minimum atomic E-state index is -0.275. The van der Waals surface area contributed by atoms with E-state index in [4.69, 9.17) is 0 Å². The molecule has 0 radical (unpaired) electrons. The maximum absolute atomic E-state index is 13.0. The first-order valence-corrected chi connectivity index (χ1v) is 4.50. The van der Waals surface area contributed by atoms with Gasteiger partial charge in [-0.05, 0) is 31.2 Å². The Hall–Kier alpha value is -1.64. The van der Waals surface area contributed by atoms with Crippen LogP contribution in [-0.4, -0.2) is 10.9 Å². The molecule has 0 N–H and O–H groups in total. The lowest BCUT2D eigenvalue weighted by atomic mass is 10.2. The average Bonchev–Trinajstić information content (AvgIpc) is 2.54. The van der Waals surface area contributed by atoms with Crippen molar-refractivity contribution in [3.05, 3.63) is 35.8 Å². The normalized spacial score (nSPS) is 10.7. The molecule has 14 heavy (non-hydrogen) atoms. The first kappa shape index (κ1) is 8.94. The van der Waals surface area contributed by atoms with Crippen LogP contribution in [0, 0.1) is 5.82 Å². The molecule has 0 aliphatic rings. The zero-order valence-corrected chi connectivity index (χ0v) is 7.83. The number of halogens is 1. The summed E-state index contributed by atoms with van der Waals surface area (Å²) < 4.78 is 14.8. The third-order valence-electron chi connectivity index (χ3n) is 2.34. The molecule has 2 nitrogen and oxygen atoms in total. The quantitative estimate of drug-likeness (QED) is 0.669. The van der Waals surface area contributed by atoms with Gasteiger partial charge in [0, 0.05) is 11.9 Å². The molecule has 0 unspecified atom stereocenters. The molecule has 0 bridgehead atoms. The molecular formula is C11H10FNO. The van der Waals surface area contributed by atoms with Crippen LogP contribution in [0.4, 0.5) is 4.39 Å². The van der Waals surface area contributed by atoms with Crippen molar-refractivity contribution in [2.24, 2.45) is 0 Å². The lowest BCUT2D eigenvalue weighted by molar-refractivity contribution is 0.111. The molecule has 2 aromatic rings. The highest BCUT2D eigenvalue weighted by Crippen LogP contribution is 2.19. The molecular weight excluding hydrogens is 181 g/mol. The fourth-order valence-corrected chi connectivity index (χ4v) is 1.70. The second kappa shape index (κ2) is 3.25. The molecule has 1 aromatic carbocycles. The predicted octanol–water partition coefficient (Wildman–Crippen LogP) is 2.61. The Kier molecular flexibility index (Phi) is 2.08. The number of carbonyl (C=O) groups is 1. The maximum Gasteiger partial charge on any atom is 0.166 e. The third kappa shape index (κ3) is 1.21. The molecule has 0 aliphatic carbocycles. The molecule has 0 saturated heterocycles. The monoisotopic (exact) mass is 191 g/mol. The molecule has 0 atom stereocenters. The molecule has 2 rings (SSSR count). The highest BCUT2D eigenvalue weighted by atomic mass is 19.1. The van der Waals surface area contributed by atoms with Crippen LogP contribution in [-0.2, 0) is 6.54 Å². The van der Waals surface area contributed by atoms with Crippen LogP contribution in [0.3, 0.4) is 0 Å². The van der Waals surface area contributed by atoms with Crippen LogP contribution >= 0.6 is 0 Å². The van der Waals surface area contributed by atoms with E-state index in [1.807, 2.05) is 6.92 Å². The maximum atomic E-state index is 13.0. The largest absolute Gasteiger partial charge is 0.339 e. The smallest absolute Gasteiger partial charge is 0.166 e. The zero-order chi connectivity index (χ0) is 10.1. The fourth-order valence-electron chi connectivity index (χ4n) is 1.70. The summed E-state index contributed by atoms with van der Waals surface area (Å²) in [6, 6.07) is 6.30. The van der Waals surface area contributed by atoms with Crippen molar-refractivity contribution in [3.8, 4) is 0 Å². The van der Waals surface area contributed by atoms with Crippen LogP contribution < -0.4 is 0 Å². The van der Waals surface area contributed by atoms with E-state index >= 15 is 0 Å². The first-order chi connectivity index (χ1) is 6.76. The number of aromatic nitrogens is 1. The number of fused-ring (bicyclic) bond motifs is 1. The van der Waals surface area contributed by atoms with Gasteiger partial charge in [-0.2, -0.15) is 0 Å². The number of carbonyl (C=O) groups excluding carboxylic acids is 1. The lowest BCUT2D eigenvalue weighted by Gasteiger charge is -2.02. The van der Waals surface area contributed by atoms with E-state index in [0.29, 0.717) is 12.2 Å². The molecule has 3 heteroatoms. The average molecular weight is 191 g/mol. The Labute approximate surface area is 81.0 Å². The number of hydrogen-bond donors (Lipinski definition) is 0. The fraction of sp³-hybridized carbons (Fsp3) is 0.182. The third-order valence-corrected chi connectivity index (χ3v) is 2.34. The molecule has 0 fully saturated rings. The Balaban J connectivity index is 2.81. The standard InChI is InChI=1S/C11H10FNO/c1-2-13-10(7-14)5-8-3-4-9(12)6-11(8)13/h3-7H,2H2,1H3. The van der Waals surface area contributed by atoms with Crippen molar-refractivity contribution in [2.75, 3.05) is 0 Å². The van der Waals surface area contributed by atoms with Gasteiger partial charge >= 0.3 is 0 Å². The van der Waals surface area contributed by atoms with Crippen molar-refractivity contribution in [1.29, 1.82) is 0 Å². The highest BCUT2D eigenvalue weighted by Gasteiger charge is 2.06. The number of benzene rings is 1. The summed E-state index contributed by atoms with van der Waals surface area (Å²) in [5, 5.41) is 0.898. The van der Waals surface area contributed by atoms with E-state index in [0.717, 1.165) is 17.2 Å². The van der Waals surface area contributed by atoms with Crippen molar-refractivity contribution < 1.29 is 9.18 Å². The summed E-state index contributed by atoms with van der Waals surface area (Å²) in [5.74, 6) is -0.275. The zero-order valence-electron chi connectivity index (χ0n) is 7.83. The number of nitrogens with zero attached hydrogens (tertiary/aromatic N) is 1. The lowest BCUT2D eigenvalue weighted by Crippen LogP contribution is -1.98. The van der Waals surface area contributed by atoms with Gasteiger partial charge in [-0.1, -0.05) is 0 Å². The number of hydrogen-bond acceptors (Lipinski definition) is 1. The SMILES string of the molecule is CCn1c(C=O)cc2ccc(F)cc21. The van der Waals surface area contributed by atoms with Crippen LogP contribution in [0.15, 0.2) is 24.3 Å². The Morgan fingerprint density at radius 2 is 2.21 bits per heavy atom. The molecule has 1 heterocycles. The number of aldehydes is 1. The van der Waals surface area contributed by atoms with E-state index in [9.17, 15) is 9.18 Å². The summed E-state index contributed by atoms with van der Waals surface area (Å²) in [6.07, 6.45) is 0.793. The highest BCUT2D eigenvalue weighted by molar-refractivity contribution is 5.88. The molecule has 0 aliphatic heterocycles. The van der Waals surface area contributed by atoms with E-state index in [1.54, 1.807) is 16.7 Å². The van der Waals surface area contributed by atoms with E-state index in [-0.39, 0.29) is 5.82 Å². The number of aryl methyl sites for hydroxylation is 1. The Morgan fingerprint density at radius 3 is 2.86 bits per heavy atom. The second-order valence-electron chi connectivity index (χ2n) is 3.13. The summed E-state index contributed by atoms with van der Waals surface area (Å²) in [6.45, 7) is 2.60. The molecule has 0 saturated carbocycles. The van der Waals surface area contributed by atoms with Crippen molar-refractivity contribution in [2.45, 2.75) is 13.5 Å². The summed E-state index contributed by atoms with van der Waals surface area (Å²) >= 11 is 0. The van der Waals surface area contributed by atoms with E-state index in [2.05, 4.69) is 0 Å². The summed E-state index contributed by atoms with van der Waals surface area (Å²) in [7, 11) is 0. The summed E-state index contributed by atoms with van der Waals surface area (Å²) in [5.41, 5.74) is 1.36. The van der Waals surface area contributed by atoms with Crippen LogP contribution in [0.1, 0.15) is 17.4 Å². The minimum Gasteiger partial charge on any atom is -0.339 e. The molecule has 0 amide bonds. The van der Waals surface area contributed by atoms with Gasteiger partial charge in [0.2, 0.25) is 0 Å². The van der Waals surface area contributed by atoms with Gasteiger partial charge in [0.1, 0.15) is 5.82 Å². The van der Waals surface area contributed by atoms with Gasteiger partial charge in [-0.25, -0.2) is 4.39 Å². The summed E-state index contributed by atoms with van der Waals surface area (Å²) in [4.78, 5) is 10.7. The number of rotatable bonds is 2. The van der Waals surface area contributed by atoms with Gasteiger partial charge in [-0.3, -0.25) is 4.79 Å². The first-order valence-electron chi connectivity index (χ1n) is 4.50. The van der Waals surface area contributed by atoms with Crippen LogP contribution in [0.25, 0.3) is 10.9 Å². The predicted molar refractivity (Wildman–Crippen MR) is 53.0 cm³/mol. The Morgan fingerprint density at radius 1 is 1.43 bits per heavy atom. The van der Waals surface area contributed by atoms with Crippen LogP contribution in [0.5, 0.6) is 0 Å². The van der Waals surface area contributed by atoms with Gasteiger partial charge < -0.3 is 4.57 Å². The van der Waals surface area contributed by atoms with E-state index < -0.39 is 0 Å². The van der Waals surface area contributed by atoms with E-state index in [1.165, 1.54) is 12.1 Å². The minimum absolute atomic E-state index is 0.275.